The Labute approximate surface area is 242 Å². The van der Waals surface area contributed by atoms with Gasteiger partial charge in [0.25, 0.3) is 11.8 Å². The van der Waals surface area contributed by atoms with Crippen molar-refractivity contribution in [2.45, 2.75) is 44.9 Å². The van der Waals surface area contributed by atoms with E-state index in [4.69, 9.17) is 23.2 Å². The molecule has 3 aromatic rings. The van der Waals surface area contributed by atoms with Crippen LogP contribution in [-0.2, 0) is 35.6 Å². The molecule has 0 radical (unpaired) electrons. The van der Waals surface area contributed by atoms with Crippen molar-refractivity contribution in [2.75, 3.05) is 6.54 Å². The van der Waals surface area contributed by atoms with Crippen LogP contribution in [0.15, 0.2) is 60.7 Å². The standard InChI is InChI=1S/C30H28Cl2N4O4/c31-24-8-5-18(13-25(24)32)11-12-33-15-19-1-3-20(4-2-19)16-34-28(38)21-6-7-23-22(14-21)17-36(30(23)40)26-9-10-27(37)35-29(26)39/h1-8,13-14,26,33H,9-12,15-17H2,(H,34,38)(H,35,37,39). The summed E-state index contributed by atoms with van der Waals surface area (Å²) in [5.74, 6) is -1.30. The lowest BCUT2D eigenvalue weighted by molar-refractivity contribution is -0.136. The maximum atomic E-state index is 12.9. The predicted octanol–water partition coefficient (Wildman–Crippen LogP) is 4.02. The minimum atomic E-state index is -0.685. The Morgan fingerprint density at radius 3 is 2.35 bits per heavy atom. The number of halogens is 2. The van der Waals surface area contributed by atoms with Crippen molar-refractivity contribution >= 4 is 46.8 Å². The molecule has 2 aliphatic heterocycles. The smallest absolute Gasteiger partial charge is 0.255 e. The van der Waals surface area contributed by atoms with Crippen molar-refractivity contribution in [3.63, 3.8) is 0 Å². The zero-order valence-corrected chi connectivity index (χ0v) is 23.1. The fourth-order valence-electron chi connectivity index (χ4n) is 4.94. The summed E-state index contributed by atoms with van der Waals surface area (Å²) < 4.78 is 0. The van der Waals surface area contributed by atoms with Gasteiger partial charge in [-0.3, -0.25) is 24.5 Å². The molecule has 0 aromatic heterocycles. The minimum Gasteiger partial charge on any atom is -0.348 e. The number of nitrogens with one attached hydrogen (secondary N) is 3. The summed E-state index contributed by atoms with van der Waals surface area (Å²) >= 11 is 12.0. The van der Waals surface area contributed by atoms with Crippen LogP contribution in [0.1, 0.15) is 55.8 Å². The Morgan fingerprint density at radius 1 is 0.900 bits per heavy atom. The number of imide groups is 1. The number of nitrogens with zero attached hydrogens (tertiary/aromatic N) is 1. The van der Waals surface area contributed by atoms with Gasteiger partial charge in [-0.1, -0.05) is 53.5 Å². The fourth-order valence-corrected chi connectivity index (χ4v) is 5.26. The van der Waals surface area contributed by atoms with Gasteiger partial charge in [-0.25, -0.2) is 0 Å². The summed E-state index contributed by atoms with van der Waals surface area (Å²) in [6.07, 6.45) is 1.33. The average Bonchev–Trinajstić information content (AvgIpc) is 3.27. The molecule has 1 saturated heterocycles. The molecule has 1 unspecified atom stereocenters. The van der Waals surface area contributed by atoms with E-state index >= 15 is 0 Å². The summed E-state index contributed by atoms with van der Waals surface area (Å²) in [6.45, 7) is 2.11. The van der Waals surface area contributed by atoms with E-state index in [9.17, 15) is 19.2 Å². The topological polar surface area (TPSA) is 108 Å². The second kappa shape index (κ2) is 12.2. The zero-order valence-electron chi connectivity index (χ0n) is 21.6. The van der Waals surface area contributed by atoms with E-state index in [0.717, 1.165) is 36.2 Å². The van der Waals surface area contributed by atoms with Crippen LogP contribution in [0.5, 0.6) is 0 Å². The van der Waals surface area contributed by atoms with Crippen LogP contribution in [0.4, 0.5) is 0 Å². The Bertz CT molecular complexity index is 1480. The number of amides is 4. The van der Waals surface area contributed by atoms with Crippen LogP contribution < -0.4 is 16.0 Å². The van der Waals surface area contributed by atoms with E-state index in [0.29, 0.717) is 39.7 Å². The number of piperidine rings is 1. The summed E-state index contributed by atoms with van der Waals surface area (Å²) in [6, 6.07) is 17.9. The molecule has 1 fully saturated rings. The van der Waals surface area contributed by atoms with Crippen LogP contribution in [0.3, 0.4) is 0 Å². The van der Waals surface area contributed by atoms with Gasteiger partial charge in [-0.2, -0.15) is 0 Å². The number of fused-ring (bicyclic) bond motifs is 1. The molecular formula is C30H28Cl2N4O4. The van der Waals surface area contributed by atoms with E-state index in [2.05, 4.69) is 16.0 Å². The highest BCUT2D eigenvalue weighted by atomic mass is 35.5. The molecule has 8 nitrogen and oxygen atoms in total. The molecule has 2 aliphatic rings. The van der Waals surface area contributed by atoms with E-state index in [-0.39, 0.29) is 30.7 Å². The zero-order chi connectivity index (χ0) is 28.2. The number of benzene rings is 3. The molecule has 3 aromatic carbocycles. The normalized spacial score (nSPS) is 16.6. The van der Waals surface area contributed by atoms with E-state index in [1.54, 1.807) is 24.3 Å². The molecule has 0 bridgehead atoms. The number of carbonyl (C=O) groups excluding carboxylic acids is 4. The first-order valence-electron chi connectivity index (χ1n) is 13.1. The second-order valence-corrected chi connectivity index (χ2v) is 10.8. The van der Waals surface area contributed by atoms with Gasteiger partial charge >= 0.3 is 0 Å². The van der Waals surface area contributed by atoms with E-state index in [1.165, 1.54) is 4.90 Å². The third kappa shape index (κ3) is 6.36. The molecule has 206 valence electrons. The third-order valence-corrected chi connectivity index (χ3v) is 7.90. The van der Waals surface area contributed by atoms with Crippen molar-refractivity contribution in [1.29, 1.82) is 0 Å². The lowest BCUT2D eigenvalue weighted by Crippen LogP contribution is -2.52. The summed E-state index contributed by atoms with van der Waals surface area (Å²) in [5.41, 5.74) is 4.83. The lowest BCUT2D eigenvalue weighted by Gasteiger charge is -2.29. The van der Waals surface area contributed by atoms with Gasteiger partial charge in [0.05, 0.1) is 10.0 Å². The molecule has 4 amide bonds. The Kier molecular flexibility index (Phi) is 8.49. The summed E-state index contributed by atoms with van der Waals surface area (Å²) in [7, 11) is 0. The molecule has 0 saturated carbocycles. The molecule has 0 aliphatic carbocycles. The SMILES string of the molecule is O=C1CCC(N2Cc3cc(C(=O)NCc4ccc(CNCCc5ccc(Cl)c(Cl)c5)cc4)ccc3C2=O)C(=O)N1. The number of carbonyl (C=O) groups is 4. The van der Waals surface area contributed by atoms with Gasteiger partial charge in [-0.15, -0.1) is 0 Å². The molecule has 1 atom stereocenters. The maximum absolute atomic E-state index is 12.9. The van der Waals surface area contributed by atoms with Crippen molar-refractivity contribution in [3.8, 4) is 0 Å². The average molecular weight is 579 g/mol. The summed E-state index contributed by atoms with van der Waals surface area (Å²) in [5, 5.41) is 9.75. The largest absolute Gasteiger partial charge is 0.348 e. The highest BCUT2D eigenvalue weighted by Gasteiger charge is 2.39. The van der Waals surface area contributed by atoms with Gasteiger partial charge in [-0.05, 0) is 72.0 Å². The molecule has 40 heavy (non-hydrogen) atoms. The van der Waals surface area contributed by atoms with Crippen molar-refractivity contribution in [2.24, 2.45) is 0 Å². The van der Waals surface area contributed by atoms with Crippen molar-refractivity contribution in [1.82, 2.24) is 20.9 Å². The number of rotatable bonds is 9. The van der Waals surface area contributed by atoms with Gasteiger partial charge in [0.15, 0.2) is 0 Å². The molecule has 5 rings (SSSR count). The minimum absolute atomic E-state index is 0.196. The van der Waals surface area contributed by atoms with E-state index in [1.807, 2.05) is 36.4 Å². The summed E-state index contributed by atoms with van der Waals surface area (Å²) in [4.78, 5) is 50.9. The van der Waals surface area contributed by atoms with Crippen LogP contribution >= 0.6 is 23.2 Å². The Morgan fingerprint density at radius 2 is 1.62 bits per heavy atom. The first-order chi connectivity index (χ1) is 19.3. The van der Waals surface area contributed by atoms with Crippen molar-refractivity contribution < 1.29 is 19.2 Å². The number of hydrogen-bond donors (Lipinski definition) is 3. The number of hydrogen-bond acceptors (Lipinski definition) is 5. The van der Waals surface area contributed by atoms with Crippen LogP contribution in [0.25, 0.3) is 0 Å². The highest BCUT2D eigenvalue weighted by molar-refractivity contribution is 6.42. The second-order valence-electron chi connectivity index (χ2n) is 9.95. The maximum Gasteiger partial charge on any atom is 0.255 e. The highest BCUT2D eigenvalue weighted by Crippen LogP contribution is 2.28. The monoisotopic (exact) mass is 578 g/mol. The van der Waals surface area contributed by atoms with Gasteiger partial charge in [0, 0.05) is 37.2 Å². The Balaban J connectivity index is 1.09. The first-order valence-corrected chi connectivity index (χ1v) is 13.8. The molecule has 10 heteroatoms. The molecule has 3 N–H and O–H groups in total. The van der Waals surface area contributed by atoms with E-state index < -0.39 is 11.9 Å². The predicted molar refractivity (Wildman–Crippen MR) is 152 cm³/mol. The molecular weight excluding hydrogens is 551 g/mol. The van der Waals surface area contributed by atoms with Crippen LogP contribution in [0.2, 0.25) is 10.0 Å². The van der Waals surface area contributed by atoms with Crippen molar-refractivity contribution in [3.05, 3.63) is 104 Å². The van der Waals surface area contributed by atoms with Crippen LogP contribution in [-0.4, -0.2) is 41.1 Å². The van der Waals surface area contributed by atoms with Crippen LogP contribution in [0, 0.1) is 0 Å². The lowest BCUT2D eigenvalue weighted by atomic mass is 10.0. The fraction of sp³-hybridized carbons (Fsp3) is 0.267. The molecule has 2 heterocycles. The van der Waals surface area contributed by atoms with Gasteiger partial charge < -0.3 is 15.5 Å². The Hall–Kier alpha value is -3.72. The van der Waals surface area contributed by atoms with Gasteiger partial charge in [0.1, 0.15) is 6.04 Å². The van der Waals surface area contributed by atoms with Gasteiger partial charge in [0.2, 0.25) is 11.8 Å². The first kappa shape index (κ1) is 27.8. The third-order valence-electron chi connectivity index (χ3n) is 7.17. The molecule has 0 spiro atoms. The quantitative estimate of drug-likeness (QED) is 0.262.